The summed E-state index contributed by atoms with van der Waals surface area (Å²) >= 11 is 6.19. The summed E-state index contributed by atoms with van der Waals surface area (Å²) in [6.45, 7) is 3.55. The number of aromatic hydroxyl groups is 1. The number of phenolic OH excluding ortho intramolecular Hbond substituents is 1. The average Bonchev–Trinajstić information content (AvgIpc) is 3.08. The lowest BCUT2D eigenvalue weighted by Gasteiger charge is -2.08. The van der Waals surface area contributed by atoms with Crippen LogP contribution in [-0.4, -0.2) is 26.1 Å². The number of rotatable bonds is 5. The van der Waals surface area contributed by atoms with Crippen LogP contribution in [0.4, 0.5) is 16.2 Å². The number of aromatic amines is 1. The number of halogens is 1. The first-order valence-corrected chi connectivity index (χ1v) is 10.5. The highest BCUT2D eigenvalue weighted by atomic mass is 35.5. The standard InChI is InChI=1S/C24H19ClN4O5/c1-13-9-10-16(12-19(13)25)29-23(31)21(14(2)28-29)27-26-20-8-4-7-18(22(20)30)15-5-3-6-17(11-15)34-24(32)33/h3-12,28,30H,1-2H3,(H,32,33). The number of carboxylic acid groups (broad SMARTS) is 1. The van der Waals surface area contributed by atoms with Crippen LogP contribution < -0.4 is 10.3 Å². The van der Waals surface area contributed by atoms with Gasteiger partial charge in [0.15, 0.2) is 11.4 Å². The number of azo groups is 1. The zero-order valence-electron chi connectivity index (χ0n) is 18.1. The van der Waals surface area contributed by atoms with Gasteiger partial charge in [0.2, 0.25) is 0 Å². The summed E-state index contributed by atoms with van der Waals surface area (Å²) in [7, 11) is 0. The maximum Gasteiger partial charge on any atom is 0.511 e. The molecule has 0 aliphatic carbocycles. The number of phenols is 1. The van der Waals surface area contributed by atoms with Gasteiger partial charge in [-0.05, 0) is 55.3 Å². The molecule has 0 aliphatic rings. The van der Waals surface area contributed by atoms with Gasteiger partial charge in [0.05, 0.1) is 11.4 Å². The zero-order chi connectivity index (χ0) is 24.4. The first-order valence-electron chi connectivity index (χ1n) is 10.1. The van der Waals surface area contributed by atoms with Crippen molar-refractivity contribution in [2.45, 2.75) is 13.8 Å². The number of benzene rings is 3. The number of para-hydroxylation sites is 1. The number of nitrogens with one attached hydrogen (secondary N) is 1. The van der Waals surface area contributed by atoms with Gasteiger partial charge in [-0.25, -0.2) is 9.48 Å². The molecule has 34 heavy (non-hydrogen) atoms. The highest BCUT2D eigenvalue weighted by Gasteiger charge is 2.15. The van der Waals surface area contributed by atoms with Crippen molar-refractivity contribution in [2.24, 2.45) is 10.2 Å². The van der Waals surface area contributed by atoms with E-state index in [1.54, 1.807) is 49.4 Å². The van der Waals surface area contributed by atoms with Crippen LogP contribution in [0.1, 0.15) is 11.3 Å². The minimum absolute atomic E-state index is 0.0818. The van der Waals surface area contributed by atoms with Gasteiger partial charge in [0.25, 0.3) is 5.56 Å². The van der Waals surface area contributed by atoms with Crippen LogP contribution in [0, 0.1) is 13.8 Å². The van der Waals surface area contributed by atoms with Crippen molar-refractivity contribution < 1.29 is 19.7 Å². The van der Waals surface area contributed by atoms with E-state index < -0.39 is 11.7 Å². The van der Waals surface area contributed by atoms with Gasteiger partial charge in [-0.15, -0.1) is 10.2 Å². The maximum atomic E-state index is 12.9. The lowest BCUT2D eigenvalue weighted by Crippen LogP contribution is -2.14. The van der Waals surface area contributed by atoms with E-state index >= 15 is 0 Å². The number of hydrogen-bond acceptors (Lipinski definition) is 6. The fraction of sp³-hybridized carbons (Fsp3) is 0.0833. The molecule has 4 aromatic rings. The predicted molar refractivity (Wildman–Crippen MR) is 127 cm³/mol. The summed E-state index contributed by atoms with van der Waals surface area (Å²) in [5, 5.41) is 31.2. The molecule has 3 N–H and O–H groups in total. The lowest BCUT2D eigenvalue weighted by atomic mass is 10.0. The Labute approximate surface area is 198 Å². The third-order valence-corrected chi connectivity index (χ3v) is 5.48. The molecule has 3 aromatic carbocycles. The topological polar surface area (TPSA) is 129 Å². The number of H-pyrrole nitrogens is 1. The molecule has 0 unspecified atom stereocenters. The average molecular weight is 479 g/mol. The van der Waals surface area contributed by atoms with Crippen LogP contribution in [0.3, 0.4) is 0 Å². The van der Waals surface area contributed by atoms with Gasteiger partial charge in [-0.2, -0.15) is 0 Å². The molecule has 0 fully saturated rings. The molecular formula is C24H19ClN4O5. The zero-order valence-corrected chi connectivity index (χ0v) is 18.9. The highest BCUT2D eigenvalue weighted by molar-refractivity contribution is 6.31. The molecule has 0 saturated heterocycles. The molecule has 10 heteroatoms. The Morgan fingerprint density at radius 2 is 1.82 bits per heavy atom. The molecule has 9 nitrogen and oxygen atoms in total. The summed E-state index contributed by atoms with van der Waals surface area (Å²) in [6.07, 6.45) is -1.44. The van der Waals surface area contributed by atoms with Crippen LogP contribution in [0.15, 0.2) is 75.7 Å². The molecule has 0 bridgehead atoms. The largest absolute Gasteiger partial charge is 0.511 e. The van der Waals surface area contributed by atoms with Crippen molar-refractivity contribution in [3.8, 4) is 28.3 Å². The van der Waals surface area contributed by atoms with Gasteiger partial charge in [-0.1, -0.05) is 41.9 Å². The van der Waals surface area contributed by atoms with Gasteiger partial charge in [-0.3, -0.25) is 9.89 Å². The van der Waals surface area contributed by atoms with E-state index in [1.807, 2.05) is 13.0 Å². The second-order valence-corrected chi connectivity index (χ2v) is 7.84. The molecule has 1 heterocycles. The smallest absolute Gasteiger partial charge is 0.505 e. The Kier molecular flexibility index (Phi) is 6.20. The fourth-order valence-corrected chi connectivity index (χ4v) is 3.51. The second kappa shape index (κ2) is 9.24. The number of ether oxygens (including phenoxy) is 1. The van der Waals surface area contributed by atoms with E-state index in [9.17, 15) is 14.7 Å². The Morgan fingerprint density at radius 1 is 1.06 bits per heavy atom. The van der Waals surface area contributed by atoms with E-state index in [1.165, 1.54) is 16.8 Å². The number of aromatic nitrogens is 2. The van der Waals surface area contributed by atoms with Crippen molar-refractivity contribution >= 4 is 29.1 Å². The molecule has 1 aromatic heterocycles. The van der Waals surface area contributed by atoms with Gasteiger partial charge in [0.1, 0.15) is 11.4 Å². The third-order valence-electron chi connectivity index (χ3n) is 5.08. The molecule has 0 amide bonds. The minimum atomic E-state index is -1.44. The molecule has 0 aliphatic heterocycles. The van der Waals surface area contributed by atoms with Crippen molar-refractivity contribution in [3.63, 3.8) is 0 Å². The van der Waals surface area contributed by atoms with E-state index in [2.05, 4.69) is 20.1 Å². The number of aryl methyl sites for hydroxylation is 2. The van der Waals surface area contributed by atoms with E-state index in [4.69, 9.17) is 16.7 Å². The first-order chi connectivity index (χ1) is 16.2. The van der Waals surface area contributed by atoms with Crippen molar-refractivity contribution in [1.29, 1.82) is 0 Å². The van der Waals surface area contributed by atoms with Crippen molar-refractivity contribution in [1.82, 2.24) is 9.78 Å². The molecule has 172 valence electrons. The Balaban J connectivity index is 1.68. The van der Waals surface area contributed by atoms with Gasteiger partial charge in [0, 0.05) is 10.6 Å². The summed E-state index contributed by atoms with van der Waals surface area (Å²) in [4.78, 5) is 23.7. The van der Waals surface area contributed by atoms with Gasteiger partial charge < -0.3 is 14.9 Å². The van der Waals surface area contributed by atoms with Crippen molar-refractivity contribution in [3.05, 3.63) is 87.3 Å². The number of hydrogen-bond donors (Lipinski definition) is 3. The molecule has 0 saturated carbocycles. The molecule has 0 radical (unpaired) electrons. The molecule has 0 spiro atoms. The van der Waals surface area contributed by atoms with E-state index in [0.717, 1.165) is 5.56 Å². The maximum absolute atomic E-state index is 12.9. The third kappa shape index (κ3) is 4.55. The lowest BCUT2D eigenvalue weighted by molar-refractivity contribution is 0.144. The molecular weight excluding hydrogens is 460 g/mol. The van der Waals surface area contributed by atoms with Crippen LogP contribution in [0.25, 0.3) is 16.8 Å². The Morgan fingerprint density at radius 3 is 2.56 bits per heavy atom. The molecule has 0 atom stereocenters. The predicted octanol–water partition coefficient (Wildman–Crippen LogP) is 6.28. The van der Waals surface area contributed by atoms with Crippen LogP contribution in [0.2, 0.25) is 5.02 Å². The monoisotopic (exact) mass is 478 g/mol. The summed E-state index contributed by atoms with van der Waals surface area (Å²) in [5.74, 6) is -0.0753. The van der Waals surface area contributed by atoms with E-state index in [-0.39, 0.29) is 22.9 Å². The van der Waals surface area contributed by atoms with Crippen LogP contribution in [-0.2, 0) is 0 Å². The van der Waals surface area contributed by atoms with Crippen LogP contribution in [0.5, 0.6) is 11.5 Å². The minimum Gasteiger partial charge on any atom is -0.505 e. The van der Waals surface area contributed by atoms with Crippen molar-refractivity contribution in [2.75, 3.05) is 0 Å². The van der Waals surface area contributed by atoms with E-state index in [0.29, 0.717) is 27.5 Å². The Hall–Kier alpha value is -4.37. The SMILES string of the molecule is Cc1ccc(-n2[nH]c(C)c(N=Nc3cccc(-c4cccc(OC(=O)O)c4)c3O)c2=O)cc1Cl. The van der Waals surface area contributed by atoms with Crippen LogP contribution >= 0.6 is 11.6 Å². The fourth-order valence-electron chi connectivity index (χ4n) is 3.33. The summed E-state index contributed by atoms with van der Waals surface area (Å²) in [6, 6.07) is 16.3. The Bertz CT molecular complexity index is 1490. The summed E-state index contributed by atoms with van der Waals surface area (Å²) < 4.78 is 5.99. The number of nitrogens with zero attached hydrogens (tertiary/aromatic N) is 3. The first kappa shape index (κ1) is 22.8. The number of carbonyl (C=O) groups is 1. The second-order valence-electron chi connectivity index (χ2n) is 7.43. The van der Waals surface area contributed by atoms with Gasteiger partial charge >= 0.3 is 6.16 Å². The summed E-state index contributed by atoms with van der Waals surface area (Å²) in [5.41, 5.74) is 2.63. The quantitative estimate of drug-likeness (QED) is 0.176. The normalized spacial score (nSPS) is 11.1. The molecule has 4 rings (SSSR count). The highest BCUT2D eigenvalue weighted by Crippen LogP contribution is 2.38.